The molecule has 5 rings (SSSR count). The number of nitrogens with zero attached hydrogens (tertiary/aromatic N) is 3. The van der Waals surface area contributed by atoms with Crippen molar-refractivity contribution in [2.24, 2.45) is 0 Å². The van der Waals surface area contributed by atoms with Crippen LogP contribution in [-0.2, 0) is 6.42 Å². The lowest BCUT2D eigenvalue weighted by molar-refractivity contribution is 0.0745. The van der Waals surface area contributed by atoms with Gasteiger partial charge in [0.05, 0.1) is 19.8 Å². The molecule has 0 spiro atoms. The summed E-state index contributed by atoms with van der Waals surface area (Å²) in [6, 6.07) is 23.2. The summed E-state index contributed by atoms with van der Waals surface area (Å²) in [6.45, 7) is 2.78. The van der Waals surface area contributed by atoms with Crippen molar-refractivity contribution in [3.05, 3.63) is 95.7 Å². The number of nitrogens with one attached hydrogen (secondary N) is 1. The molecule has 2 amide bonds. The summed E-state index contributed by atoms with van der Waals surface area (Å²) in [6.07, 6.45) is 2.35. The van der Waals surface area contributed by atoms with E-state index in [2.05, 4.69) is 15.2 Å². The van der Waals surface area contributed by atoms with Crippen LogP contribution in [0.15, 0.2) is 79.0 Å². The number of ether oxygens (including phenoxy) is 2. The lowest BCUT2D eigenvalue weighted by Crippen LogP contribution is -2.49. The molecule has 0 saturated carbocycles. The summed E-state index contributed by atoms with van der Waals surface area (Å²) in [7, 11) is 3.21. The van der Waals surface area contributed by atoms with E-state index in [9.17, 15) is 9.59 Å². The molecule has 8 heteroatoms. The number of methoxy groups -OCH3 is 2. The lowest BCUT2D eigenvalue weighted by atomic mass is 10.1. The van der Waals surface area contributed by atoms with Crippen LogP contribution >= 0.6 is 0 Å². The molecule has 0 unspecified atom stereocenters. The minimum atomic E-state index is -0.173. The first-order valence-corrected chi connectivity index (χ1v) is 13.0. The first-order chi connectivity index (χ1) is 19.1. The summed E-state index contributed by atoms with van der Waals surface area (Å²) >= 11 is 0. The Hall–Kier alpha value is -4.59. The molecular formula is C31H32N4O4. The van der Waals surface area contributed by atoms with Gasteiger partial charge in [0.1, 0.15) is 5.82 Å². The molecule has 4 aromatic rings. The Morgan fingerprint density at radius 3 is 2.38 bits per heavy atom. The fourth-order valence-corrected chi connectivity index (χ4v) is 4.90. The predicted molar refractivity (Wildman–Crippen MR) is 152 cm³/mol. The van der Waals surface area contributed by atoms with E-state index in [1.54, 1.807) is 32.5 Å². The number of benzene rings is 3. The maximum Gasteiger partial charge on any atom is 0.255 e. The number of piperazine rings is 1. The molecule has 2 heterocycles. The van der Waals surface area contributed by atoms with Gasteiger partial charge < -0.3 is 24.6 Å². The number of carbonyl (C=O) groups excluding carboxylic acids is 2. The number of pyridine rings is 1. The molecule has 8 nitrogen and oxygen atoms in total. The van der Waals surface area contributed by atoms with Crippen LogP contribution in [0.1, 0.15) is 26.3 Å². The Bertz CT molecular complexity index is 1480. The van der Waals surface area contributed by atoms with Crippen molar-refractivity contribution < 1.29 is 19.1 Å². The average Bonchev–Trinajstić information content (AvgIpc) is 3.00. The van der Waals surface area contributed by atoms with E-state index in [4.69, 9.17) is 9.47 Å². The molecule has 1 saturated heterocycles. The number of aromatic nitrogens is 1. The quantitative estimate of drug-likeness (QED) is 0.372. The van der Waals surface area contributed by atoms with Gasteiger partial charge in [-0.25, -0.2) is 4.98 Å². The van der Waals surface area contributed by atoms with Gasteiger partial charge in [-0.1, -0.05) is 36.4 Å². The SMILES string of the molecule is COc1ccc(CCNC(=O)c2cccnc2N2CCN(C(=O)c3ccc4ccccc4c3)CC2)cc1OC. The van der Waals surface area contributed by atoms with Gasteiger partial charge in [-0.15, -0.1) is 0 Å². The lowest BCUT2D eigenvalue weighted by Gasteiger charge is -2.36. The number of amides is 2. The zero-order valence-corrected chi connectivity index (χ0v) is 22.2. The minimum Gasteiger partial charge on any atom is -0.493 e. The standard InChI is InChI=1S/C31H32N4O4/c1-38-27-12-9-22(20-28(27)39-2)13-15-33-30(36)26-8-5-14-32-29(26)34-16-18-35(19-17-34)31(37)25-11-10-23-6-3-4-7-24(23)21-25/h3-12,14,20-21H,13,15-19H2,1-2H3,(H,33,36). The maximum absolute atomic E-state index is 13.2. The van der Waals surface area contributed by atoms with Crippen LogP contribution in [0.2, 0.25) is 0 Å². The van der Waals surface area contributed by atoms with Crippen LogP contribution < -0.4 is 19.7 Å². The van der Waals surface area contributed by atoms with E-state index in [-0.39, 0.29) is 11.8 Å². The van der Waals surface area contributed by atoms with Gasteiger partial charge >= 0.3 is 0 Å². The summed E-state index contributed by atoms with van der Waals surface area (Å²) in [5.41, 5.74) is 2.25. The van der Waals surface area contributed by atoms with Crippen LogP contribution in [0.25, 0.3) is 10.8 Å². The molecule has 0 radical (unpaired) electrons. The summed E-state index contributed by atoms with van der Waals surface area (Å²) in [5.74, 6) is 1.82. The topological polar surface area (TPSA) is 84.0 Å². The van der Waals surface area contributed by atoms with Crippen molar-refractivity contribution in [1.82, 2.24) is 15.2 Å². The molecule has 0 bridgehead atoms. The predicted octanol–water partition coefficient (Wildman–Crippen LogP) is 4.19. The Kier molecular flexibility index (Phi) is 7.91. The van der Waals surface area contributed by atoms with Crippen molar-refractivity contribution in [3.8, 4) is 11.5 Å². The van der Waals surface area contributed by atoms with Gasteiger partial charge in [0.2, 0.25) is 0 Å². The average molecular weight is 525 g/mol. The second-order valence-corrected chi connectivity index (χ2v) is 9.41. The molecule has 1 aliphatic rings. The zero-order valence-electron chi connectivity index (χ0n) is 22.2. The molecule has 200 valence electrons. The zero-order chi connectivity index (χ0) is 27.2. The van der Waals surface area contributed by atoms with E-state index in [0.29, 0.717) is 67.6 Å². The highest BCUT2D eigenvalue weighted by atomic mass is 16.5. The van der Waals surface area contributed by atoms with Crippen LogP contribution in [-0.4, -0.2) is 68.6 Å². The van der Waals surface area contributed by atoms with Crippen molar-refractivity contribution in [2.75, 3.05) is 51.8 Å². The van der Waals surface area contributed by atoms with E-state index < -0.39 is 0 Å². The summed E-state index contributed by atoms with van der Waals surface area (Å²) in [4.78, 5) is 34.8. The van der Waals surface area contributed by atoms with E-state index in [0.717, 1.165) is 16.3 Å². The van der Waals surface area contributed by atoms with E-state index >= 15 is 0 Å². The number of anilines is 1. The largest absolute Gasteiger partial charge is 0.493 e. The van der Waals surface area contributed by atoms with E-state index in [1.165, 1.54) is 0 Å². The van der Waals surface area contributed by atoms with Crippen LogP contribution in [0.3, 0.4) is 0 Å². The van der Waals surface area contributed by atoms with Gasteiger partial charge in [-0.2, -0.15) is 0 Å². The number of hydrogen-bond acceptors (Lipinski definition) is 6. The molecule has 3 aromatic carbocycles. The number of hydrogen-bond donors (Lipinski definition) is 1. The Morgan fingerprint density at radius 1 is 0.846 bits per heavy atom. The van der Waals surface area contributed by atoms with Gasteiger partial charge in [0.25, 0.3) is 11.8 Å². The molecule has 1 fully saturated rings. The molecule has 0 aliphatic carbocycles. The summed E-state index contributed by atoms with van der Waals surface area (Å²) in [5, 5.41) is 5.18. The summed E-state index contributed by atoms with van der Waals surface area (Å²) < 4.78 is 10.7. The monoisotopic (exact) mass is 524 g/mol. The number of fused-ring (bicyclic) bond motifs is 1. The van der Waals surface area contributed by atoms with Gasteiger partial charge in [0.15, 0.2) is 11.5 Å². The Morgan fingerprint density at radius 2 is 1.62 bits per heavy atom. The van der Waals surface area contributed by atoms with Crippen molar-refractivity contribution in [1.29, 1.82) is 0 Å². The molecule has 1 N–H and O–H groups in total. The van der Waals surface area contributed by atoms with Crippen molar-refractivity contribution >= 4 is 28.4 Å². The molecular weight excluding hydrogens is 492 g/mol. The van der Waals surface area contributed by atoms with Crippen LogP contribution in [0.5, 0.6) is 11.5 Å². The van der Waals surface area contributed by atoms with Gasteiger partial charge in [-0.3, -0.25) is 9.59 Å². The fourth-order valence-electron chi connectivity index (χ4n) is 4.90. The molecule has 1 aliphatic heterocycles. The Labute approximate surface area is 228 Å². The third kappa shape index (κ3) is 5.80. The van der Waals surface area contributed by atoms with E-state index in [1.807, 2.05) is 65.6 Å². The first kappa shape index (κ1) is 26.0. The third-order valence-electron chi connectivity index (χ3n) is 7.04. The highest BCUT2D eigenvalue weighted by Crippen LogP contribution is 2.27. The number of carbonyl (C=O) groups is 2. The highest BCUT2D eigenvalue weighted by molar-refractivity contribution is 6.00. The minimum absolute atomic E-state index is 0.0227. The molecule has 1 aromatic heterocycles. The second-order valence-electron chi connectivity index (χ2n) is 9.41. The molecule has 0 atom stereocenters. The molecule has 39 heavy (non-hydrogen) atoms. The maximum atomic E-state index is 13.2. The van der Waals surface area contributed by atoms with Gasteiger partial charge in [-0.05, 0) is 59.2 Å². The van der Waals surface area contributed by atoms with Crippen molar-refractivity contribution in [2.45, 2.75) is 6.42 Å². The fraction of sp³-hybridized carbons (Fsp3) is 0.258. The Balaban J connectivity index is 1.19. The van der Waals surface area contributed by atoms with Crippen LogP contribution in [0, 0.1) is 0 Å². The smallest absolute Gasteiger partial charge is 0.255 e. The number of rotatable bonds is 8. The van der Waals surface area contributed by atoms with Gasteiger partial charge in [0, 0.05) is 44.5 Å². The second kappa shape index (κ2) is 11.9. The van der Waals surface area contributed by atoms with Crippen LogP contribution in [0.4, 0.5) is 5.82 Å². The third-order valence-corrected chi connectivity index (χ3v) is 7.04. The highest BCUT2D eigenvalue weighted by Gasteiger charge is 2.25. The first-order valence-electron chi connectivity index (χ1n) is 13.0. The normalized spacial score (nSPS) is 13.3. The van der Waals surface area contributed by atoms with Crippen molar-refractivity contribution in [3.63, 3.8) is 0 Å².